The first kappa shape index (κ1) is 19.1. The molecular formula is C20H26N2O2S. The molecule has 1 unspecified atom stereocenters. The highest BCUT2D eigenvalue weighted by Gasteiger charge is 2.11. The van der Waals surface area contributed by atoms with Crippen molar-refractivity contribution in [1.82, 2.24) is 5.32 Å². The van der Waals surface area contributed by atoms with Crippen molar-refractivity contribution >= 4 is 23.0 Å². The fourth-order valence-corrected chi connectivity index (χ4v) is 2.73. The van der Waals surface area contributed by atoms with Crippen molar-refractivity contribution in [3.63, 3.8) is 0 Å². The molecule has 25 heavy (non-hydrogen) atoms. The van der Waals surface area contributed by atoms with Gasteiger partial charge in [-0.05, 0) is 74.4 Å². The van der Waals surface area contributed by atoms with Gasteiger partial charge in [0.2, 0.25) is 0 Å². The number of hydrogen-bond donors (Lipinski definition) is 2. The third-order valence-electron chi connectivity index (χ3n) is 3.72. The van der Waals surface area contributed by atoms with Crippen LogP contribution in [-0.4, -0.2) is 18.3 Å². The Bertz CT molecular complexity index is 669. The molecule has 0 aliphatic heterocycles. The summed E-state index contributed by atoms with van der Waals surface area (Å²) in [5.41, 5.74) is 2.10. The van der Waals surface area contributed by atoms with Gasteiger partial charge in [-0.15, -0.1) is 0 Å². The average molecular weight is 359 g/mol. The van der Waals surface area contributed by atoms with E-state index in [2.05, 4.69) is 29.7 Å². The Balaban J connectivity index is 1.95. The highest BCUT2D eigenvalue weighted by molar-refractivity contribution is 7.80. The van der Waals surface area contributed by atoms with Crippen LogP contribution in [-0.2, 0) is 0 Å². The topological polar surface area (TPSA) is 42.5 Å². The molecule has 2 aromatic carbocycles. The zero-order valence-electron chi connectivity index (χ0n) is 15.2. The predicted molar refractivity (Wildman–Crippen MR) is 108 cm³/mol. The van der Waals surface area contributed by atoms with Crippen molar-refractivity contribution in [2.75, 3.05) is 12.4 Å². The van der Waals surface area contributed by atoms with E-state index in [1.807, 2.05) is 50.2 Å². The van der Waals surface area contributed by atoms with Crippen LogP contribution < -0.4 is 20.1 Å². The van der Waals surface area contributed by atoms with Crippen LogP contribution in [0.1, 0.15) is 38.8 Å². The first-order chi connectivity index (χ1) is 12.0. The number of thiocarbonyl (C=S) groups is 1. The Morgan fingerprint density at radius 2 is 1.60 bits per heavy atom. The lowest BCUT2D eigenvalue weighted by atomic mass is 10.0. The molecule has 0 aromatic heterocycles. The number of anilines is 1. The maximum atomic E-state index is 5.65. The molecule has 0 bridgehead atoms. The molecular weight excluding hydrogens is 332 g/mol. The second-order valence-corrected chi connectivity index (χ2v) is 6.43. The van der Waals surface area contributed by atoms with Gasteiger partial charge < -0.3 is 20.1 Å². The van der Waals surface area contributed by atoms with Crippen LogP contribution in [0, 0.1) is 0 Å². The summed E-state index contributed by atoms with van der Waals surface area (Å²) >= 11 is 5.45. The van der Waals surface area contributed by atoms with E-state index in [0.717, 1.165) is 23.6 Å². The molecule has 0 saturated heterocycles. The molecule has 1 atom stereocenters. The molecule has 5 heteroatoms. The molecule has 2 rings (SSSR count). The summed E-state index contributed by atoms with van der Waals surface area (Å²) in [4.78, 5) is 0. The van der Waals surface area contributed by atoms with Crippen molar-refractivity contribution in [1.29, 1.82) is 0 Å². The van der Waals surface area contributed by atoms with Gasteiger partial charge in [-0.1, -0.05) is 19.1 Å². The van der Waals surface area contributed by atoms with Crippen molar-refractivity contribution in [2.24, 2.45) is 0 Å². The summed E-state index contributed by atoms with van der Waals surface area (Å²) in [7, 11) is 1.67. The second-order valence-electron chi connectivity index (χ2n) is 6.02. The lowest BCUT2D eigenvalue weighted by molar-refractivity contribution is 0.242. The monoisotopic (exact) mass is 358 g/mol. The Morgan fingerprint density at radius 1 is 1.00 bits per heavy atom. The van der Waals surface area contributed by atoms with E-state index < -0.39 is 0 Å². The molecule has 2 aromatic rings. The molecule has 0 radical (unpaired) electrons. The number of nitrogens with one attached hydrogen (secondary N) is 2. The minimum Gasteiger partial charge on any atom is -0.497 e. The van der Waals surface area contributed by atoms with Gasteiger partial charge in [0.05, 0.1) is 19.3 Å². The summed E-state index contributed by atoms with van der Waals surface area (Å²) in [6.45, 7) is 6.15. The van der Waals surface area contributed by atoms with Gasteiger partial charge in [-0.25, -0.2) is 0 Å². The smallest absolute Gasteiger partial charge is 0.171 e. The van der Waals surface area contributed by atoms with E-state index in [0.29, 0.717) is 5.11 Å². The highest BCUT2D eigenvalue weighted by Crippen LogP contribution is 2.21. The van der Waals surface area contributed by atoms with E-state index in [4.69, 9.17) is 21.7 Å². The van der Waals surface area contributed by atoms with Crippen molar-refractivity contribution < 1.29 is 9.47 Å². The summed E-state index contributed by atoms with van der Waals surface area (Å²) in [6.07, 6.45) is 1.09. The molecule has 0 amide bonds. The third-order valence-corrected chi connectivity index (χ3v) is 3.94. The first-order valence-corrected chi connectivity index (χ1v) is 8.90. The molecule has 0 saturated carbocycles. The van der Waals surface area contributed by atoms with Gasteiger partial charge >= 0.3 is 0 Å². The van der Waals surface area contributed by atoms with E-state index in [1.54, 1.807) is 7.11 Å². The molecule has 0 aliphatic carbocycles. The van der Waals surface area contributed by atoms with E-state index in [1.165, 1.54) is 5.56 Å². The first-order valence-electron chi connectivity index (χ1n) is 8.50. The minimum absolute atomic E-state index is 0.148. The zero-order valence-corrected chi connectivity index (χ0v) is 16.0. The fourth-order valence-electron chi connectivity index (χ4n) is 2.47. The van der Waals surface area contributed by atoms with Gasteiger partial charge in [-0.3, -0.25) is 0 Å². The Kier molecular flexibility index (Phi) is 7.07. The Labute approximate surface area is 155 Å². The van der Waals surface area contributed by atoms with Crippen LogP contribution in [0.3, 0.4) is 0 Å². The summed E-state index contributed by atoms with van der Waals surface area (Å²) in [5.74, 6) is 1.70. The van der Waals surface area contributed by atoms with Gasteiger partial charge in [-0.2, -0.15) is 0 Å². The highest BCUT2D eigenvalue weighted by atomic mass is 32.1. The fraction of sp³-hybridized carbons (Fsp3) is 0.350. The van der Waals surface area contributed by atoms with Gasteiger partial charge in [0, 0.05) is 5.69 Å². The van der Waals surface area contributed by atoms with E-state index in [9.17, 15) is 0 Å². The van der Waals surface area contributed by atoms with E-state index in [-0.39, 0.29) is 12.1 Å². The van der Waals surface area contributed by atoms with Crippen LogP contribution in [0.4, 0.5) is 5.69 Å². The van der Waals surface area contributed by atoms with Crippen LogP contribution >= 0.6 is 12.2 Å². The molecule has 4 nitrogen and oxygen atoms in total. The van der Waals surface area contributed by atoms with Gasteiger partial charge in [0.25, 0.3) is 0 Å². The van der Waals surface area contributed by atoms with E-state index >= 15 is 0 Å². The lowest BCUT2D eigenvalue weighted by Gasteiger charge is -2.20. The number of benzene rings is 2. The van der Waals surface area contributed by atoms with Crippen molar-refractivity contribution in [3.05, 3.63) is 54.1 Å². The molecule has 0 fully saturated rings. The SMILES string of the molecule is CCC(NC(=S)Nc1ccc(OC(C)C)cc1)c1ccc(OC)cc1. The lowest BCUT2D eigenvalue weighted by Crippen LogP contribution is -2.32. The molecule has 0 heterocycles. The number of ether oxygens (including phenoxy) is 2. The van der Waals surface area contributed by atoms with Crippen LogP contribution in [0.15, 0.2) is 48.5 Å². The standard InChI is InChI=1S/C20H26N2O2S/c1-5-19(15-6-10-17(23-4)11-7-15)22-20(25)21-16-8-12-18(13-9-16)24-14(2)3/h6-14,19H,5H2,1-4H3,(H2,21,22,25). The van der Waals surface area contributed by atoms with Gasteiger partial charge in [0.15, 0.2) is 5.11 Å². The van der Waals surface area contributed by atoms with Crippen molar-refractivity contribution in [2.45, 2.75) is 39.3 Å². The maximum absolute atomic E-state index is 5.65. The molecule has 0 aliphatic rings. The predicted octanol–water partition coefficient (Wildman–Crippen LogP) is 4.92. The summed E-state index contributed by atoms with van der Waals surface area (Å²) < 4.78 is 10.9. The van der Waals surface area contributed by atoms with Crippen LogP contribution in [0.2, 0.25) is 0 Å². The van der Waals surface area contributed by atoms with Crippen molar-refractivity contribution in [3.8, 4) is 11.5 Å². The number of methoxy groups -OCH3 is 1. The Morgan fingerprint density at radius 3 is 2.12 bits per heavy atom. The average Bonchev–Trinajstić information content (AvgIpc) is 2.61. The quantitative estimate of drug-likeness (QED) is 0.688. The number of rotatable bonds is 7. The third kappa shape index (κ3) is 5.94. The van der Waals surface area contributed by atoms with Crippen LogP contribution in [0.25, 0.3) is 0 Å². The second kappa shape index (κ2) is 9.28. The normalized spacial score (nSPS) is 11.7. The minimum atomic E-state index is 0.148. The Hall–Kier alpha value is -2.27. The number of hydrogen-bond acceptors (Lipinski definition) is 3. The summed E-state index contributed by atoms with van der Waals surface area (Å²) in [6, 6.07) is 16.0. The van der Waals surface area contributed by atoms with Crippen LogP contribution in [0.5, 0.6) is 11.5 Å². The summed E-state index contributed by atoms with van der Waals surface area (Å²) in [5, 5.41) is 7.18. The molecule has 134 valence electrons. The van der Waals surface area contributed by atoms with Gasteiger partial charge in [0.1, 0.15) is 11.5 Å². The maximum Gasteiger partial charge on any atom is 0.171 e. The molecule has 2 N–H and O–H groups in total. The molecule has 0 spiro atoms. The zero-order chi connectivity index (χ0) is 18.2. The largest absolute Gasteiger partial charge is 0.497 e.